The van der Waals surface area contributed by atoms with Gasteiger partial charge < -0.3 is 15.4 Å². The number of hydrogen-bond acceptors (Lipinski definition) is 7. The zero-order valence-corrected chi connectivity index (χ0v) is 16.9. The number of anilines is 2. The molecule has 29 heavy (non-hydrogen) atoms. The number of ether oxygens (including phenoxy) is 1. The average Bonchev–Trinajstić information content (AvgIpc) is 2.73. The normalized spacial score (nSPS) is 13.9. The number of amides is 1. The minimum atomic E-state index is -0.399. The summed E-state index contributed by atoms with van der Waals surface area (Å²) in [4.78, 5) is 33.7. The summed E-state index contributed by atoms with van der Waals surface area (Å²) in [6, 6.07) is 12.8. The molecule has 2 N–H and O–H groups in total. The fourth-order valence-corrected chi connectivity index (χ4v) is 3.95. The fourth-order valence-electron chi connectivity index (χ4n) is 3.09. The molecule has 7 nitrogen and oxygen atoms in total. The molecular formula is C21H20N4O3S. The summed E-state index contributed by atoms with van der Waals surface area (Å²) >= 11 is 1.31. The molecule has 0 spiro atoms. The van der Waals surface area contributed by atoms with Crippen molar-refractivity contribution in [2.75, 3.05) is 23.8 Å². The Morgan fingerprint density at radius 3 is 2.93 bits per heavy atom. The summed E-state index contributed by atoms with van der Waals surface area (Å²) < 4.78 is 5.35. The van der Waals surface area contributed by atoms with E-state index in [1.807, 2.05) is 38.1 Å². The highest BCUT2D eigenvalue weighted by atomic mass is 32.2. The van der Waals surface area contributed by atoms with Gasteiger partial charge >= 0.3 is 0 Å². The van der Waals surface area contributed by atoms with Gasteiger partial charge in [-0.2, -0.15) is 0 Å². The molecule has 0 bridgehead atoms. The number of aromatic nitrogens is 2. The molecule has 2 heterocycles. The van der Waals surface area contributed by atoms with Crippen LogP contribution in [-0.2, 0) is 4.79 Å². The predicted octanol–water partition coefficient (Wildman–Crippen LogP) is 3.76. The quantitative estimate of drug-likeness (QED) is 0.364. The van der Waals surface area contributed by atoms with Crippen molar-refractivity contribution >= 4 is 45.9 Å². The predicted molar refractivity (Wildman–Crippen MR) is 114 cm³/mol. The molecule has 3 aromatic rings. The molecule has 1 aliphatic rings. The number of carbonyl (C=O) groups excluding carboxylic acids is 2. The minimum absolute atomic E-state index is 0.0139. The summed E-state index contributed by atoms with van der Waals surface area (Å²) in [5.74, 6) is 1.02. The van der Waals surface area contributed by atoms with Gasteiger partial charge in [-0.25, -0.2) is 9.97 Å². The molecule has 1 amide bonds. The maximum atomic E-state index is 12.9. The Balaban J connectivity index is 1.57. The van der Waals surface area contributed by atoms with Gasteiger partial charge in [0.1, 0.15) is 11.6 Å². The summed E-state index contributed by atoms with van der Waals surface area (Å²) in [7, 11) is 0. The summed E-state index contributed by atoms with van der Waals surface area (Å²) in [6.45, 7) is 4.56. The highest BCUT2D eigenvalue weighted by Gasteiger charge is 2.22. The lowest BCUT2D eigenvalue weighted by Crippen LogP contribution is -2.25. The lowest BCUT2D eigenvalue weighted by molar-refractivity contribution is -0.118. The first kappa shape index (κ1) is 19.2. The molecule has 0 radical (unpaired) electrons. The average molecular weight is 408 g/mol. The van der Waals surface area contributed by atoms with Crippen LogP contribution in [0.25, 0.3) is 10.9 Å². The molecule has 4 rings (SSSR count). The van der Waals surface area contributed by atoms with E-state index in [-0.39, 0.29) is 18.3 Å². The minimum Gasteiger partial charge on any atom is -0.482 e. The van der Waals surface area contributed by atoms with Crippen LogP contribution in [0.5, 0.6) is 5.75 Å². The molecule has 0 saturated heterocycles. The Morgan fingerprint density at radius 2 is 2.10 bits per heavy atom. The largest absolute Gasteiger partial charge is 0.482 e. The van der Waals surface area contributed by atoms with Crippen LogP contribution in [0.15, 0.2) is 47.6 Å². The number of ketones is 1. The van der Waals surface area contributed by atoms with Crippen molar-refractivity contribution in [1.82, 2.24) is 9.97 Å². The molecule has 1 aliphatic heterocycles. The van der Waals surface area contributed by atoms with Crippen LogP contribution in [0.4, 0.5) is 11.5 Å². The Morgan fingerprint density at radius 1 is 1.28 bits per heavy atom. The van der Waals surface area contributed by atoms with Gasteiger partial charge in [-0.05, 0) is 44.2 Å². The van der Waals surface area contributed by atoms with Crippen molar-refractivity contribution in [1.29, 1.82) is 0 Å². The van der Waals surface area contributed by atoms with Crippen LogP contribution in [0, 0.1) is 0 Å². The Kier molecular flexibility index (Phi) is 5.35. The van der Waals surface area contributed by atoms with Gasteiger partial charge in [-0.15, -0.1) is 0 Å². The number of thioether (sulfide) groups is 1. The second-order valence-corrected chi connectivity index (χ2v) is 7.88. The smallest absolute Gasteiger partial charge is 0.262 e. The Hall–Kier alpha value is -3.13. The molecule has 8 heteroatoms. The molecule has 0 aliphatic carbocycles. The lowest BCUT2D eigenvalue weighted by atomic mass is 10.1. The third-order valence-electron chi connectivity index (χ3n) is 4.48. The number of fused-ring (bicyclic) bond motifs is 2. The Labute approximate surface area is 172 Å². The molecule has 0 saturated carbocycles. The topological polar surface area (TPSA) is 93.2 Å². The van der Waals surface area contributed by atoms with Crippen molar-refractivity contribution < 1.29 is 14.3 Å². The van der Waals surface area contributed by atoms with Gasteiger partial charge in [0.25, 0.3) is 5.91 Å². The van der Waals surface area contributed by atoms with E-state index in [0.29, 0.717) is 22.2 Å². The zero-order valence-electron chi connectivity index (χ0n) is 16.1. The molecule has 0 unspecified atom stereocenters. The van der Waals surface area contributed by atoms with Crippen molar-refractivity contribution in [2.24, 2.45) is 0 Å². The number of benzene rings is 2. The number of nitrogens with zero attached hydrogens (tertiary/aromatic N) is 2. The highest BCUT2D eigenvalue weighted by Crippen LogP contribution is 2.31. The number of Topliss-reactive ketones (excluding diaryl/α,β-unsaturated/α-hetero) is 1. The van der Waals surface area contributed by atoms with E-state index in [0.717, 1.165) is 23.3 Å². The Bertz CT molecular complexity index is 1100. The van der Waals surface area contributed by atoms with Crippen molar-refractivity contribution in [3.8, 4) is 5.75 Å². The molecule has 1 aromatic heterocycles. The third kappa shape index (κ3) is 4.02. The molecule has 148 valence electrons. The first-order valence-corrected chi connectivity index (χ1v) is 10.2. The van der Waals surface area contributed by atoms with Gasteiger partial charge in [0.15, 0.2) is 17.5 Å². The van der Waals surface area contributed by atoms with Crippen LogP contribution < -0.4 is 15.4 Å². The molecule has 1 atom stereocenters. The van der Waals surface area contributed by atoms with E-state index < -0.39 is 5.25 Å². The van der Waals surface area contributed by atoms with Gasteiger partial charge in [-0.1, -0.05) is 23.9 Å². The second-order valence-electron chi connectivity index (χ2n) is 6.57. The third-order valence-corrected chi connectivity index (χ3v) is 5.44. The van der Waals surface area contributed by atoms with Gasteiger partial charge in [0, 0.05) is 17.5 Å². The van der Waals surface area contributed by atoms with Gasteiger partial charge in [-0.3, -0.25) is 9.59 Å². The van der Waals surface area contributed by atoms with Crippen LogP contribution in [0.1, 0.15) is 24.2 Å². The maximum Gasteiger partial charge on any atom is 0.262 e. The van der Waals surface area contributed by atoms with E-state index in [2.05, 4.69) is 20.6 Å². The number of rotatable bonds is 6. The molecule has 0 fully saturated rings. The SMILES string of the molecule is CCNc1nc(S[C@@H](C)C(=O)c2ccc3c(c2)NC(=O)CO3)nc2ccccc12. The standard InChI is InChI=1S/C21H20N4O3S/c1-3-22-20-14-6-4-5-7-15(14)24-21(25-20)29-12(2)19(27)13-8-9-17-16(10-13)23-18(26)11-28-17/h4-10,12H,3,11H2,1-2H3,(H,23,26)(H,22,24,25)/t12-/m0/s1. The molecular weight excluding hydrogens is 388 g/mol. The summed E-state index contributed by atoms with van der Waals surface area (Å²) in [5.41, 5.74) is 1.84. The van der Waals surface area contributed by atoms with Crippen LogP contribution in [0.2, 0.25) is 0 Å². The van der Waals surface area contributed by atoms with E-state index in [1.54, 1.807) is 18.2 Å². The maximum absolute atomic E-state index is 12.9. The van der Waals surface area contributed by atoms with E-state index in [1.165, 1.54) is 11.8 Å². The number of carbonyl (C=O) groups is 2. The first-order chi connectivity index (χ1) is 14.0. The summed E-state index contributed by atoms with van der Waals surface area (Å²) in [5, 5.41) is 7.07. The lowest BCUT2D eigenvalue weighted by Gasteiger charge is -2.19. The van der Waals surface area contributed by atoms with Crippen molar-refractivity contribution in [3.05, 3.63) is 48.0 Å². The monoisotopic (exact) mass is 408 g/mol. The number of hydrogen-bond donors (Lipinski definition) is 2. The van der Waals surface area contributed by atoms with Gasteiger partial charge in [0.05, 0.1) is 16.5 Å². The van der Waals surface area contributed by atoms with E-state index in [4.69, 9.17) is 4.74 Å². The van der Waals surface area contributed by atoms with Crippen LogP contribution in [-0.4, -0.2) is 40.1 Å². The second kappa shape index (κ2) is 8.08. The van der Waals surface area contributed by atoms with Crippen molar-refractivity contribution in [2.45, 2.75) is 24.3 Å². The highest BCUT2D eigenvalue weighted by molar-refractivity contribution is 8.00. The number of nitrogens with one attached hydrogen (secondary N) is 2. The fraction of sp³-hybridized carbons (Fsp3) is 0.238. The van der Waals surface area contributed by atoms with Crippen molar-refractivity contribution in [3.63, 3.8) is 0 Å². The van der Waals surface area contributed by atoms with Crippen LogP contribution in [0.3, 0.4) is 0 Å². The summed E-state index contributed by atoms with van der Waals surface area (Å²) in [6.07, 6.45) is 0. The first-order valence-electron chi connectivity index (χ1n) is 9.33. The van der Waals surface area contributed by atoms with E-state index >= 15 is 0 Å². The van der Waals surface area contributed by atoms with E-state index in [9.17, 15) is 9.59 Å². The van der Waals surface area contributed by atoms with Crippen LogP contribution >= 0.6 is 11.8 Å². The number of para-hydroxylation sites is 1. The zero-order chi connectivity index (χ0) is 20.4. The molecule has 2 aromatic carbocycles. The van der Waals surface area contributed by atoms with Gasteiger partial charge in [0.2, 0.25) is 0 Å².